The Morgan fingerprint density at radius 2 is 2.29 bits per heavy atom. The molecule has 1 saturated heterocycles. The number of aryl methyl sites for hydroxylation is 2. The van der Waals surface area contributed by atoms with Crippen LogP contribution in [-0.2, 0) is 4.79 Å². The SMILES string of the molecule is Cc1noc(C2CCCN(CC(=O)Nc3ccc(I)cc3C)C2)n1. The molecule has 1 N–H and O–H groups in total. The summed E-state index contributed by atoms with van der Waals surface area (Å²) in [6.07, 6.45) is 2.05. The van der Waals surface area contributed by atoms with Crippen molar-refractivity contribution in [2.75, 3.05) is 25.0 Å². The minimum Gasteiger partial charge on any atom is -0.339 e. The number of piperidine rings is 1. The second-order valence-corrected chi connectivity index (χ2v) is 7.51. The molecule has 1 aliphatic heterocycles. The van der Waals surface area contributed by atoms with Gasteiger partial charge in [0.1, 0.15) is 0 Å². The Labute approximate surface area is 155 Å². The number of hydrogen-bond donors (Lipinski definition) is 1. The van der Waals surface area contributed by atoms with Gasteiger partial charge >= 0.3 is 0 Å². The molecule has 1 atom stereocenters. The Kier molecular flexibility index (Phi) is 5.50. The topological polar surface area (TPSA) is 71.3 Å². The summed E-state index contributed by atoms with van der Waals surface area (Å²) in [6.45, 7) is 5.91. The summed E-state index contributed by atoms with van der Waals surface area (Å²) in [5.74, 6) is 1.58. The van der Waals surface area contributed by atoms with E-state index in [0.717, 1.165) is 40.8 Å². The third kappa shape index (κ3) is 4.32. The van der Waals surface area contributed by atoms with Crippen LogP contribution in [0, 0.1) is 17.4 Å². The highest BCUT2D eigenvalue weighted by Gasteiger charge is 2.26. The molecule has 0 radical (unpaired) electrons. The van der Waals surface area contributed by atoms with E-state index in [1.165, 1.54) is 0 Å². The summed E-state index contributed by atoms with van der Waals surface area (Å²) < 4.78 is 6.45. The number of nitrogens with zero attached hydrogens (tertiary/aromatic N) is 3. The first-order chi connectivity index (χ1) is 11.5. The molecule has 3 rings (SSSR count). The van der Waals surface area contributed by atoms with E-state index in [1.807, 2.05) is 26.0 Å². The van der Waals surface area contributed by atoms with Crippen LogP contribution in [0.3, 0.4) is 0 Å². The molecule has 1 aromatic heterocycles. The van der Waals surface area contributed by atoms with Crippen LogP contribution in [0.25, 0.3) is 0 Å². The summed E-state index contributed by atoms with van der Waals surface area (Å²) in [7, 11) is 0. The van der Waals surface area contributed by atoms with Crippen molar-refractivity contribution >= 4 is 34.2 Å². The van der Waals surface area contributed by atoms with Gasteiger partial charge in [-0.05, 0) is 79.6 Å². The van der Waals surface area contributed by atoms with Crippen molar-refractivity contribution in [3.05, 3.63) is 39.0 Å². The smallest absolute Gasteiger partial charge is 0.238 e. The molecular weight excluding hydrogens is 419 g/mol. The number of nitrogens with one attached hydrogen (secondary N) is 1. The predicted molar refractivity (Wildman–Crippen MR) is 100.0 cm³/mol. The van der Waals surface area contributed by atoms with E-state index in [9.17, 15) is 4.79 Å². The summed E-state index contributed by atoms with van der Waals surface area (Å²) in [5, 5.41) is 6.87. The first kappa shape index (κ1) is 17.3. The van der Waals surface area contributed by atoms with E-state index >= 15 is 0 Å². The molecule has 1 amide bonds. The fraction of sp³-hybridized carbons (Fsp3) is 0.471. The Morgan fingerprint density at radius 3 is 3.00 bits per heavy atom. The van der Waals surface area contributed by atoms with Crippen LogP contribution in [0.15, 0.2) is 22.7 Å². The number of benzene rings is 1. The van der Waals surface area contributed by atoms with Crippen LogP contribution in [-0.4, -0.2) is 40.6 Å². The first-order valence-electron chi connectivity index (χ1n) is 8.10. The highest BCUT2D eigenvalue weighted by molar-refractivity contribution is 14.1. The number of rotatable bonds is 4. The van der Waals surface area contributed by atoms with E-state index in [1.54, 1.807) is 0 Å². The number of aromatic nitrogens is 2. The predicted octanol–water partition coefficient (Wildman–Crippen LogP) is 3.11. The lowest BCUT2D eigenvalue weighted by molar-refractivity contribution is -0.117. The summed E-state index contributed by atoms with van der Waals surface area (Å²) in [6, 6.07) is 6.01. The first-order valence-corrected chi connectivity index (χ1v) is 9.17. The summed E-state index contributed by atoms with van der Waals surface area (Å²) in [4.78, 5) is 18.8. The van der Waals surface area contributed by atoms with E-state index < -0.39 is 0 Å². The van der Waals surface area contributed by atoms with Crippen molar-refractivity contribution in [3.63, 3.8) is 0 Å². The molecule has 24 heavy (non-hydrogen) atoms. The molecular formula is C17H21IN4O2. The lowest BCUT2D eigenvalue weighted by Gasteiger charge is -2.30. The number of amides is 1. The maximum Gasteiger partial charge on any atom is 0.238 e. The van der Waals surface area contributed by atoms with Crippen LogP contribution in [0.2, 0.25) is 0 Å². The van der Waals surface area contributed by atoms with Gasteiger partial charge in [-0.1, -0.05) is 5.16 Å². The molecule has 6 nitrogen and oxygen atoms in total. The van der Waals surface area contributed by atoms with Gasteiger partial charge in [0.2, 0.25) is 11.8 Å². The number of carbonyl (C=O) groups is 1. The van der Waals surface area contributed by atoms with Crippen LogP contribution in [0.4, 0.5) is 5.69 Å². The van der Waals surface area contributed by atoms with Gasteiger partial charge in [-0.25, -0.2) is 0 Å². The van der Waals surface area contributed by atoms with Crippen LogP contribution in [0.5, 0.6) is 0 Å². The molecule has 128 valence electrons. The lowest BCUT2D eigenvalue weighted by atomic mass is 9.98. The number of anilines is 1. The van der Waals surface area contributed by atoms with Crippen molar-refractivity contribution < 1.29 is 9.32 Å². The molecule has 2 aromatic rings. The van der Waals surface area contributed by atoms with E-state index in [-0.39, 0.29) is 11.8 Å². The number of likely N-dealkylation sites (tertiary alicyclic amines) is 1. The molecule has 0 spiro atoms. The number of halogens is 1. The second-order valence-electron chi connectivity index (χ2n) is 6.26. The fourth-order valence-corrected chi connectivity index (χ4v) is 3.69. The highest BCUT2D eigenvalue weighted by Crippen LogP contribution is 2.25. The molecule has 7 heteroatoms. The molecule has 0 saturated carbocycles. The van der Waals surface area contributed by atoms with Gasteiger partial charge in [-0.15, -0.1) is 0 Å². The fourth-order valence-electron chi connectivity index (χ4n) is 3.04. The zero-order valence-electron chi connectivity index (χ0n) is 13.9. The van der Waals surface area contributed by atoms with Gasteiger partial charge in [-0.2, -0.15) is 4.98 Å². The molecule has 1 unspecified atom stereocenters. The van der Waals surface area contributed by atoms with Crippen LogP contribution in [0.1, 0.15) is 36.0 Å². The zero-order chi connectivity index (χ0) is 17.1. The van der Waals surface area contributed by atoms with Gasteiger partial charge < -0.3 is 9.84 Å². The van der Waals surface area contributed by atoms with Crippen molar-refractivity contribution in [2.24, 2.45) is 0 Å². The van der Waals surface area contributed by atoms with Crippen LogP contribution >= 0.6 is 22.6 Å². The largest absolute Gasteiger partial charge is 0.339 e. The standard InChI is InChI=1S/C17H21IN4O2/c1-11-8-14(18)5-6-15(11)20-16(23)10-22-7-3-4-13(9-22)17-19-12(2)21-24-17/h5-6,8,13H,3-4,7,9-10H2,1-2H3,(H,20,23). The average Bonchev–Trinajstić information content (AvgIpc) is 2.97. The average molecular weight is 440 g/mol. The van der Waals surface area contributed by atoms with Gasteiger partial charge in [0.25, 0.3) is 0 Å². The monoisotopic (exact) mass is 440 g/mol. The molecule has 0 bridgehead atoms. The van der Waals surface area contributed by atoms with Gasteiger partial charge in [0.15, 0.2) is 5.82 Å². The minimum absolute atomic E-state index is 0.0154. The quantitative estimate of drug-likeness (QED) is 0.740. The third-order valence-electron chi connectivity index (χ3n) is 4.23. The second kappa shape index (κ2) is 7.60. The molecule has 1 aromatic carbocycles. The Hall–Kier alpha value is -1.48. The molecule has 2 heterocycles. The zero-order valence-corrected chi connectivity index (χ0v) is 16.0. The van der Waals surface area contributed by atoms with Crippen molar-refractivity contribution in [1.82, 2.24) is 15.0 Å². The maximum atomic E-state index is 12.4. The van der Waals surface area contributed by atoms with Crippen molar-refractivity contribution in [1.29, 1.82) is 0 Å². The molecule has 1 aliphatic rings. The summed E-state index contributed by atoms with van der Waals surface area (Å²) in [5.41, 5.74) is 1.95. The van der Waals surface area contributed by atoms with Gasteiger partial charge in [0.05, 0.1) is 12.5 Å². The number of carbonyl (C=O) groups excluding carboxylic acids is 1. The van der Waals surface area contributed by atoms with Crippen molar-refractivity contribution in [3.8, 4) is 0 Å². The van der Waals surface area contributed by atoms with Gasteiger partial charge in [-0.3, -0.25) is 9.69 Å². The Morgan fingerprint density at radius 1 is 1.46 bits per heavy atom. The maximum absolute atomic E-state index is 12.4. The van der Waals surface area contributed by atoms with Crippen LogP contribution < -0.4 is 5.32 Å². The van der Waals surface area contributed by atoms with Gasteiger partial charge in [0, 0.05) is 15.8 Å². The minimum atomic E-state index is 0.0154. The van der Waals surface area contributed by atoms with E-state index in [2.05, 4.69) is 49.0 Å². The Bertz CT molecular complexity index is 731. The number of hydrogen-bond acceptors (Lipinski definition) is 5. The highest BCUT2D eigenvalue weighted by atomic mass is 127. The van der Waals surface area contributed by atoms with E-state index in [4.69, 9.17) is 4.52 Å². The summed E-state index contributed by atoms with van der Waals surface area (Å²) >= 11 is 2.27. The molecule has 1 fully saturated rings. The normalized spacial score (nSPS) is 18.5. The lowest BCUT2D eigenvalue weighted by Crippen LogP contribution is -2.39. The third-order valence-corrected chi connectivity index (χ3v) is 4.90. The molecule has 0 aliphatic carbocycles. The Balaban J connectivity index is 1.57. The van der Waals surface area contributed by atoms with Crippen molar-refractivity contribution in [2.45, 2.75) is 32.6 Å². The van der Waals surface area contributed by atoms with E-state index in [0.29, 0.717) is 18.3 Å².